The number of unbranched alkanes of at least 4 members (excludes halogenated alkanes) is 1. The van der Waals surface area contributed by atoms with Gasteiger partial charge in [-0.2, -0.15) is 0 Å². The van der Waals surface area contributed by atoms with Crippen LogP contribution in [0.4, 0.5) is 4.39 Å². The minimum absolute atomic E-state index is 0.185. The van der Waals surface area contributed by atoms with Gasteiger partial charge in [0.05, 0.1) is 5.02 Å². The highest BCUT2D eigenvalue weighted by Gasteiger charge is 2.30. The molecular weight excluding hydrogens is 299 g/mol. The van der Waals surface area contributed by atoms with E-state index in [2.05, 4.69) is 5.32 Å². The fourth-order valence-corrected chi connectivity index (χ4v) is 2.39. The molecule has 1 aliphatic rings. The zero-order valence-electron chi connectivity index (χ0n) is 11.0. The van der Waals surface area contributed by atoms with Crippen LogP contribution < -0.4 is 5.32 Å². The summed E-state index contributed by atoms with van der Waals surface area (Å²) in [5.41, 5.74) is 0.434. The molecule has 1 amide bonds. The molecule has 0 atom stereocenters. The average molecular weight is 313 g/mol. The lowest BCUT2D eigenvalue weighted by Gasteiger charge is -2.12. The number of amides is 1. The van der Waals surface area contributed by atoms with Crippen molar-refractivity contribution in [1.29, 1.82) is 0 Å². The number of nitrogens with one attached hydrogen (secondary N) is 1. The van der Waals surface area contributed by atoms with Gasteiger partial charge < -0.3 is 5.32 Å². The highest BCUT2D eigenvalue weighted by Crippen LogP contribution is 2.23. The summed E-state index contributed by atoms with van der Waals surface area (Å²) < 4.78 is 13.7. The monoisotopic (exact) mass is 312 g/mol. The maximum absolute atomic E-state index is 13.7. The second-order valence-electron chi connectivity index (χ2n) is 4.43. The van der Waals surface area contributed by atoms with Crippen LogP contribution in [-0.4, -0.2) is 22.5 Å². The van der Waals surface area contributed by atoms with Crippen molar-refractivity contribution in [2.45, 2.75) is 19.8 Å². The van der Waals surface area contributed by atoms with Gasteiger partial charge in [-0.25, -0.2) is 4.39 Å². The molecule has 106 valence electrons. The maximum Gasteiger partial charge on any atom is 0.276 e. The largest absolute Gasteiger partial charge is 0.328 e. The number of hydrogen-bond acceptors (Lipinski definition) is 2. The van der Waals surface area contributed by atoms with Crippen LogP contribution in [0.1, 0.15) is 25.3 Å². The molecule has 0 spiro atoms. The summed E-state index contributed by atoms with van der Waals surface area (Å²) in [6, 6.07) is 4.39. The van der Waals surface area contributed by atoms with Crippen molar-refractivity contribution in [3.05, 3.63) is 40.3 Å². The highest BCUT2D eigenvalue weighted by atomic mass is 35.5. The fraction of sp³-hybridized carbons (Fsp3) is 0.286. The quantitative estimate of drug-likeness (QED) is 0.683. The number of halogens is 2. The molecule has 0 aliphatic carbocycles. The lowest BCUT2D eigenvalue weighted by Crippen LogP contribution is -2.31. The number of nitrogens with zero attached hydrogens (tertiary/aromatic N) is 1. The van der Waals surface area contributed by atoms with E-state index in [9.17, 15) is 9.18 Å². The van der Waals surface area contributed by atoms with Gasteiger partial charge in [-0.05, 0) is 36.8 Å². The van der Waals surface area contributed by atoms with Crippen molar-refractivity contribution in [3.63, 3.8) is 0 Å². The Kier molecular flexibility index (Phi) is 4.73. The van der Waals surface area contributed by atoms with Crippen molar-refractivity contribution in [2.75, 3.05) is 6.54 Å². The molecule has 6 heteroatoms. The van der Waals surface area contributed by atoms with E-state index in [0.717, 1.165) is 12.8 Å². The molecule has 0 radical (unpaired) electrons. The molecule has 0 aromatic heterocycles. The summed E-state index contributed by atoms with van der Waals surface area (Å²) in [7, 11) is 0. The fourth-order valence-electron chi connectivity index (χ4n) is 1.88. The summed E-state index contributed by atoms with van der Waals surface area (Å²) in [5, 5.41) is 3.41. The molecule has 1 saturated heterocycles. The van der Waals surface area contributed by atoms with E-state index in [4.69, 9.17) is 23.8 Å². The first-order valence-electron chi connectivity index (χ1n) is 6.33. The normalized spacial score (nSPS) is 16.9. The van der Waals surface area contributed by atoms with E-state index in [0.29, 0.717) is 11.7 Å². The van der Waals surface area contributed by atoms with E-state index < -0.39 is 5.82 Å². The number of carbonyl (C=O) groups is 1. The number of carbonyl (C=O) groups excluding carboxylic acids is 1. The third kappa shape index (κ3) is 2.99. The van der Waals surface area contributed by atoms with Crippen LogP contribution in [-0.2, 0) is 4.79 Å². The predicted molar refractivity (Wildman–Crippen MR) is 81.7 cm³/mol. The Morgan fingerprint density at radius 3 is 2.90 bits per heavy atom. The lowest BCUT2D eigenvalue weighted by molar-refractivity contribution is -0.122. The Hall–Kier alpha value is -1.46. The van der Waals surface area contributed by atoms with Crippen LogP contribution >= 0.6 is 23.8 Å². The molecule has 1 aliphatic heterocycles. The van der Waals surface area contributed by atoms with Crippen molar-refractivity contribution in [3.8, 4) is 0 Å². The molecule has 0 bridgehead atoms. The Morgan fingerprint density at radius 1 is 1.50 bits per heavy atom. The minimum atomic E-state index is -0.475. The van der Waals surface area contributed by atoms with Crippen molar-refractivity contribution in [2.24, 2.45) is 0 Å². The molecule has 1 heterocycles. The number of rotatable bonds is 4. The summed E-state index contributed by atoms with van der Waals surface area (Å²) >= 11 is 11.1. The SMILES string of the molecule is CCCCN1C(=O)/C(=C\c2c(F)cccc2Cl)NC1=S. The third-order valence-corrected chi connectivity index (χ3v) is 3.64. The molecule has 1 aromatic rings. The number of benzene rings is 1. The zero-order valence-corrected chi connectivity index (χ0v) is 12.5. The van der Waals surface area contributed by atoms with Gasteiger partial charge in [0.15, 0.2) is 5.11 Å². The molecule has 1 N–H and O–H groups in total. The Balaban J connectivity index is 2.28. The summed E-state index contributed by atoms with van der Waals surface area (Å²) in [5.74, 6) is -0.722. The summed E-state index contributed by atoms with van der Waals surface area (Å²) in [6.45, 7) is 2.59. The van der Waals surface area contributed by atoms with Gasteiger partial charge in [0.1, 0.15) is 11.5 Å². The average Bonchev–Trinajstić information content (AvgIpc) is 2.67. The van der Waals surface area contributed by atoms with E-state index in [1.807, 2.05) is 6.92 Å². The molecular formula is C14H14ClFN2OS. The topological polar surface area (TPSA) is 32.3 Å². The lowest BCUT2D eigenvalue weighted by atomic mass is 10.1. The first kappa shape index (κ1) is 14.9. The van der Waals surface area contributed by atoms with Crippen molar-refractivity contribution < 1.29 is 9.18 Å². The van der Waals surface area contributed by atoms with Gasteiger partial charge in [-0.3, -0.25) is 9.69 Å². The van der Waals surface area contributed by atoms with Gasteiger partial charge in [0.2, 0.25) is 0 Å². The van der Waals surface area contributed by atoms with Crippen LogP contribution in [0.15, 0.2) is 23.9 Å². The van der Waals surface area contributed by atoms with E-state index in [1.54, 1.807) is 6.07 Å². The molecule has 20 heavy (non-hydrogen) atoms. The van der Waals surface area contributed by atoms with Crippen LogP contribution in [0.2, 0.25) is 5.02 Å². The summed E-state index contributed by atoms with van der Waals surface area (Å²) in [4.78, 5) is 13.7. The molecule has 1 fully saturated rings. The van der Waals surface area contributed by atoms with Crippen LogP contribution in [0.5, 0.6) is 0 Å². The Labute approximate surface area is 127 Å². The molecule has 2 rings (SSSR count). The van der Waals surface area contributed by atoms with Crippen LogP contribution in [0.25, 0.3) is 6.08 Å². The Bertz CT molecular complexity index is 568. The minimum Gasteiger partial charge on any atom is -0.328 e. The van der Waals surface area contributed by atoms with Crippen molar-refractivity contribution >= 4 is 40.9 Å². The van der Waals surface area contributed by atoms with E-state index in [-0.39, 0.29) is 22.2 Å². The van der Waals surface area contributed by atoms with Crippen LogP contribution in [0, 0.1) is 5.82 Å². The molecule has 1 aromatic carbocycles. The number of hydrogen-bond donors (Lipinski definition) is 1. The third-order valence-electron chi connectivity index (χ3n) is 2.99. The van der Waals surface area contributed by atoms with Crippen molar-refractivity contribution in [1.82, 2.24) is 10.2 Å². The standard InChI is InChI=1S/C14H14ClFN2OS/c1-2-3-7-18-13(19)12(17-14(18)20)8-9-10(15)5-4-6-11(9)16/h4-6,8H,2-3,7H2,1H3,(H,17,20)/b12-8+. The summed E-state index contributed by atoms with van der Waals surface area (Å²) in [6.07, 6.45) is 3.23. The number of thiocarbonyl (C=S) groups is 1. The predicted octanol–water partition coefficient (Wildman–Crippen LogP) is 3.34. The van der Waals surface area contributed by atoms with Gasteiger partial charge in [-0.1, -0.05) is 31.0 Å². The van der Waals surface area contributed by atoms with Gasteiger partial charge >= 0.3 is 0 Å². The highest BCUT2D eigenvalue weighted by molar-refractivity contribution is 7.80. The van der Waals surface area contributed by atoms with E-state index >= 15 is 0 Å². The second-order valence-corrected chi connectivity index (χ2v) is 5.23. The first-order valence-corrected chi connectivity index (χ1v) is 7.11. The second kappa shape index (κ2) is 6.33. The maximum atomic E-state index is 13.7. The molecule has 0 unspecified atom stereocenters. The van der Waals surface area contributed by atoms with Gasteiger partial charge in [0.25, 0.3) is 5.91 Å². The molecule has 3 nitrogen and oxygen atoms in total. The van der Waals surface area contributed by atoms with Gasteiger partial charge in [-0.15, -0.1) is 0 Å². The smallest absolute Gasteiger partial charge is 0.276 e. The molecule has 0 saturated carbocycles. The first-order chi connectivity index (χ1) is 9.54. The van der Waals surface area contributed by atoms with Gasteiger partial charge in [0, 0.05) is 12.1 Å². The zero-order chi connectivity index (χ0) is 14.7. The van der Waals surface area contributed by atoms with Crippen LogP contribution in [0.3, 0.4) is 0 Å². The Morgan fingerprint density at radius 2 is 2.25 bits per heavy atom. The van der Waals surface area contributed by atoms with E-state index in [1.165, 1.54) is 23.1 Å².